The van der Waals surface area contributed by atoms with Crippen LogP contribution < -0.4 is 5.32 Å². The summed E-state index contributed by atoms with van der Waals surface area (Å²) in [6, 6.07) is 7.48. The summed E-state index contributed by atoms with van der Waals surface area (Å²) in [5.74, 6) is 0.312. The Morgan fingerprint density at radius 3 is 2.59 bits per heavy atom. The van der Waals surface area contributed by atoms with E-state index >= 15 is 0 Å². The molecule has 1 aromatic rings. The van der Waals surface area contributed by atoms with Gasteiger partial charge in [0.15, 0.2) is 17.7 Å². The molecule has 0 radical (unpaired) electrons. The fourth-order valence-electron chi connectivity index (χ4n) is 1.69. The molecule has 1 aromatic carbocycles. The van der Waals surface area contributed by atoms with Crippen molar-refractivity contribution >= 4 is 17.3 Å². The van der Waals surface area contributed by atoms with E-state index in [1.807, 2.05) is 44.3 Å². The number of nitrogens with one attached hydrogen (secondary N) is 1. The Bertz CT molecular complexity index is 625. The quantitative estimate of drug-likeness (QED) is 0.286. The summed E-state index contributed by atoms with van der Waals surface area (Å²) in [5, 5.41) is 19.2. The summed E-state index contributed by atoms with van der Waals surface area (Å²) in [6.45, 7) is 3.97. The summed E-state index contributed by atoms with van der Waals surface area (Å²) in [5.41, 5.74) is 2.84. The minimum absolute atomic E-state index is 0.271. The number of oxime groups is 2. The van der Waals surface area contributed by atoms with Gasteiger partial charge in [-0.2, -0.15) is 5.26 Å². The molecule has 0 aliphatic rings. The summed E-state index contributed by atoms with van der Waals surface area (Å²) < 4.78 is 0. The molecule has 1 rings (SSSR count). The van der Waals surface area contributed by atoms with E-state index in [0.717, 1.165) is 16.8 Å². The molecule has 0 heterocycles. The van der Waals surface area contributed by atoms with Crippen LogP contribution in [0.15, 0.2) is 39.6 Å². The zero-order chi connectivity index (χ0) is 16.4. The van der Waals surface area contributed by atoms with Gasteiger partial charge in [0.2, 0.25) is 0 Å². The molecule has 0 unspecified atom stereocenters. The molecule has 1 N–H and O–H groups in total. The standard InChI is InChI=1S/C15H19N5O2/c1-11(2)19-22-9-12-7-5-6-8-13(12)14(20-21-4)15(17-3)18-10-16/h5-8H,9H2,1-4H3,(H,17,18)/b20-14+. The van der Waals surface area contributed by atoms with Gasteiger partial charge in [0.25, 0.3) is 0 Å². The lowest BCUT2D eigenvalue weighted by Gasteiger charge is -2.11. The van der Waals surface area contributed by atoms with Gasteiger partial charge in [0, 0.05) is 18.2 Å². The molecule has 0 saturated heterocycles. The highest BCUT2D eigenvalue weighted by atomic mass is 16.6. The van der Waals surface area contributed by atoms with E-state index in [-0.39, 0.29) is 6.61 Å². The molecular formula is C15H19N5O2. The van der Waals surface area contributed by atoms with Gasteiger partial charge >= 0.3 is 0 Å². The number of rotatable bonds is 6. The lowest BCUT2D eigenvalue weighted by Crippen LogP contribution is -2.29. The van der Waals surface area contributed by atoms with E-state index in [0.29, 0.717) is 11.5 Å². The Hall–Kier alpha value is -2.88. The number of aliphatic imine (C=N–C) groups is 1. The van der Waals surface area contributed by atoms with Gasteiger partial charge in [-0.25, -0.2) is 0 Å². The lowest BCUT2D eigenvalue weighted by atomic mass is 10.0. The average Bonchev–Trinajstić information content (AvgIpc) is 2.51. The molecule has 0 aliphatic carbocycles. The second kappa shape index (κ2) is 9.13. The van der Waals surface area contributed by atoms with E-state index in [4.69, 9.17) is 14.9 Å². The summed E-state index contributed by atoms with van der Waals surface area (Å²) in [4.78, 5) is 14.2. The van der Waals surface area contributed by atoms with Crippen LogP contribution >= 0.6 is 0 Å². The van der Waals surface area contributed by atoms with Crippen LogP contribution in [-0.2, 0) is 16.3 Å². The highest BCUT2D eigenvalue weighted by Gasteiger charge is 2.16. The molecule has 0 spiro atoms. The van der Waals surface area contributed by atoms with Crippen molar-refractivity contribution in [3.63, 3.8) is 0 Å². The lowest BCUT2D eigenvalue weighted by molar-refractivity contribution is 0.130. The van der Waals surface area contributed by atoms with Crippen LogP contribution in [0.2, 0.25) is 0 Å². The maximum absolute atomic E-state index is 8.82. The summed E-state index contributed by atoms with van der Waals surface area (Å²) in [7, 11) is 3.00. The van der Waals surface area contributed by atoms with Crippen molar-refractivity contribution in [2.45, 2.75) is 20.5 Å². The molecule has 0 aromatic heterocycles. The van der Waals surface area contributed by atoms with Crippen LogP contribution in [0.1, 0.15) is 25.0 Å². The fourth-order valence-corrected chi connectivity index (χ4v) is 1.69. The fraction of sp³-hybridized carbons (Fsp3) is 0.333. The minimum Gasteiger partial charge on any atom is -0.399 e. The molecule has 0 bridgehead atoms. The van der Waals surface area contributed by atoms with Crippen molar-refractivity contribution in [3.8, 4) is 6.19 Å². The Kier molecular flexibility index (Phi) is 7.13. The molecular weight excluding hydrogens is 282 g/mol. The predicted octanol–water partition coefficient (Wildman–Crippen LogP) is 2.05. The SMILES string of the molecule is CN=C(NC#N)/C(=N/OC)c1ccccc1CON=C(C)C. The molecule has 0 amide bonds. The number of amidine groups is 1. The molecule has 22 heavy (non-hydrogen) atoms. The van der Waals surface area contributed by atoms with Crippen molar-refractivity contribution in [1.82, 2.24) is 5.32 Å². The van der Waals surface area contributed by atoms with Crippen LogP contribution in [0.5, 0.6) is 0 Å². The third kappa shape index (κ3) is 4.90. The third-order valence-corrected chi connectivity index (χ3v) is 2.54. The van der Waals surface area contributed by atoms with E-state index < -0.39 is 0 Å². The Balaban J connectivity index is 3.18. The van der Waals surface area contributed by atoms with Crippen LogP contribution in [0.3, 0.4) is 0 Å². The number of nitrogens with zero attached hydrogens (tertiary/aromatic N) is 4. The number of nitriles is 1. The van der Waals surface area contributed by atoms with Crippen molar-refractivity contribution in [1.29, 1.82) is 5.26 Å². The predicted molar refractivity (Wildman–Crippen MR) is 85.7 cm³/mol. The van der Waals surface area contributed by atoms with Crippen molar-refractivity contribution in [3.05, 3.63) is 35.4 Å². The first-order valence-electron chi connectivity index (χ1n) is 6.58. The Labute approximate surface area is 129 Å². The molecule has 0 aliphatic heterocycles. The topological polar surface area (TPSA) is 91.4 Å². The largest absolute Gasteiger partial charge is 0.399 e. The highest BCUT2D eigenvalue weighted by molar-refractivity contribution is 6.48. The van der Waals surface area contributed by atoms with Crippen LogP contribution in [-0.4, -0.2) is 31.4 Å². The summed E-state index contributed by atoms with van der Waals surface area (Å²) >= 11 is 0. The van der Waals surface area contributed by atoms with E-state index in [1.165, 1.54) is 7.11 Å². The van der Waals surface area contributed by atoms with Crippen LogP contribution in [0.4, 0.5) is 0 Å². The van der Waals surface area contributed by atoms with Gasteiger partial charge in [-0.3, -0.25) is 10.3 Å². The molecule has 7 heteroatoms. The van der Waals surface area contributed by atoms with Gasteiger partial charge in [-0.15, -0.1) is 0 Å². The van der Waals surface area contributed by atoms with E-state index in [9.17, 15) is 0 Å². The monoisotopic (exact) mass is 301 g/mol. The molecule has 0 fully saturated rings. The van der Waals surface area contributed by atoms with Crippen LogP contribution in [0, 0.1) is 11.5 Å². The molecule has 7 nitrogen and oxygen atoms in total. The average molecular weight is 301 g/mol. The van der Waals surface area contributed by atoms with Gasteiger partial charge in [-0.05, 0) is 13.8 Å². The molecule has 0 atom stereocenters. The minimum atomic E-state index is 0.271. The second-order valence-electron chi connectivity index (χ2n) is 4.40. The highest BCUT2D eigenvalue weighted by Crippen LogP contribution is 2.13. The van der Waals surface area contributed by atoms with Gasteiger partial charge in [-0.1, -0.05) is 34.6 Å². The Morgan fingerprint density at radius 2 is 2.00 bits per heavy atom. The smallest absolute Gasteiger partial charge is 0.182 e. The van der Waals surface area contributed by atoms with E-state index in [1.54, 1.807) is 7.05 Å². The zero-order valence-corrected chi connectivity index (χ0v) is 13.1. The number of hydrogen-bond donors (Lipinski definition) is 1. The Morgan fingerprint density at radius 1 is 1.27 bits per heavy atom. The number of benzene rings is 1. The van der Waals surface area contributed by atoms with E-state index in [2.05, 4.69) is 20.6 Å². The molecule has 116 valence electrons. The first kappa shape index (κ1) is 17.2. The maximum atomic E-state index is 8.82. The van der Waals surface area contributed by atoms with Crippen molar-refractivity contribution in [2.24, 2.45) is 15.3 Å². The summed E-state index contributed by atoms with van der Waals surface area (Å²) in [6.07, 6.45) is 1.83. The van der Waals surface area contributed by atoms with Crippen LogP contribution in [0.25, 0.3) is 0 Å². The van der Waals surface area contributed by atoms with Crippen molar-refractivity contribution in [2.75, 3.05) is 14.2 Å². The van der Waals surface area contributed by atoms with Gasteiger partial charge < -0.3 is 9.68 Å². The number of hydrogen-bond acceptors (Lipinski definition) is 6. The van der Waals surface area contributed by atoms with Crippen molar-refractivity contribution < 1.29 is 9.68 Å². The first-order valence-corrected chi connectivity index (χ1v) is 6.58. The molecule has 0 saturated carbocycles. The second-order valence-corrected chi connectivity index (χ2v) is 4.40. The normalized spacial score (nSPS) is 11.4. The van der Waals surface area contributed by atoms with Gasteiger partial charge in [0.05, 0.1) is 5.71 Å². The third-order valence-electron chi connectivity index (χ3n) is 2.54. The first-order chi connectivity index (χ1) is 10.6. The van der Waals surface area contributed by atoms with Gasteiger partial charge in [0.1, 0.15) is 13.7 Å². The zero-order valence-electron chi connectivity index (χ0n) is 13.1. The maximum Gasteiger partial charge on any atom is 0.182 e.